The Bertz CT molecular complexity index is 1150. The van der Waals surface area contributed by atoms with Gasteiger partial charge in [-0.3, -0.25) is 4.79 Å². The molecule has 2 aromatic rings. The lowest BCUT2D eigenvalue weighted by Gasteiger charge is -2.34. The van der Waals surface area contributed by atoms with Gasteiger partial charge in [-0.05, 0) is 48.9 Å². The van der Waals surface area contributed by atoms with E-state index in [1.807, 2.05) is 6.07 Å². The number of benzene rings is 2. The van der Waals surface area contributed by atoms with Gasteiger partial charge < -0.3 is 15.5 Å². The van der Waals surface area contributed by atoms with Crippen molar-refractivity contribution >= 4 is 27.6 Å². The van der Waals surface area contributed by atoms with Crippen LogP contribution in [0.5, 0.6) is 0 Å². The smallest absolute Gasteiger partial charge is 0.331 e. The van der Waals surface area contributed by atoms with E-state index in [0.29, 0.717) is 5.69 Å². The zero-order valence-corrected chi connectivity index (χ0v) is 19.4. The van der Waals surface area contributed by atoms with E-state index >= 15 is 0 Å². The number of carbonyl (C=O) groups excluding carboxylic acids is 2. The molecule has 1 fully saturated rings. The maximum absolute atomic E-state index is 12.8. The second kappa shape index (κ2) is 10.0. The van der Waals surface area contributed by atoms with E-state index in [-0.39, 0.29) is 49.1 Å². The van der Waals surface area contributed by atoms with Gasteiger partial charge in [0, 0.05) is 38.8 Å². The average molecular weight is 499 g/mol. The molecule has 34 heavy (non-hydrogen) atoms. The molecule has 0 radical (unpaired) electrons. The SMILES string of the molecule is CC(=O)Nc1cccc([C@@H](C)NC(=O)N2CCN(S(=O)(=O)c3ccc(C(F)(F)F)cc3)CC2)c1. The van der Waals surface area contributed by atoms with Crippen LogP contribution < -0.4 is 10.6 Å². The van der Waals surface area contributed by atoms with Gasteiger partial charge in [0.2, 0.25) is 15.9 Å². The third-order valence-corrected chi connectivity index (χ3v) is 7.31. The van der Waals surface area contributed by atoms with Crippen LogP contribution >= 0.6 is 0 Å². The largest absolute Gasteiger partial charge is 0.416 e. The number of nitrogens with zero attached hydrogens (tertiary/aromatic N) is 2. The minimum absolute atomic E-state index is 0.0170. The lowest BCUT2D eigenvalue weighted by atomic mass is 10.1. The molecule has 0 bridgehead atoms. The zero-order chi connectivity index (χ0) is 25.1. The van der Waals surface area contributed by atoms with Crippen molar-refractivity contribution in [3.63, 3.8) is 0 Å². The number of hydrogen-bond donors (Lipinski definition) is 2. The summed E-state index contributed by atoms with van der Waals surface area (Å²) in [5.74, 6) is -0.210. The zero-order valence-electron chi connectivity index (χ0n) is 18.6. The lowest BCUT2D eigenvalue weighted by molar-refractivity contribution is -0.137. The summed E-state index contributed by atoms with van der Waals surface area (Å²) >= 11 is 0. The van der Waals surface area contributed by atoms with Crippen LogP contribution in [0.15, 0.2) is 53.4 Å². The van der Waals surface area contributed by atoms with E-state index in [4.69, 9.17) is 0 Å². The summed E-state index contributed by atoms with van der Waals surface area (Å²) in [5, 5.41) is 5.53. The molecule has 3 rings (SSSR count). The highest BCUT2D eigenvalue weighted by Gasteiger charge is 2.33. The van der Waals surface area contributed by atoms with Crippen molar-refractivity contribution in [2.75, 3.05) is 31.5 Å². The Hall–Kier alpha value is -3.12. The fourth-order valence-electron chi connectivity index (χ4n) is 3.55. The number of carbonyl (C=O) groups is 2. The summed E-state index contributed by atoms with van der Waals surface area (Å²) in [4.78, 5) is 25.2. The predicted molar refractivity (Wildman–Crippen MR) is 119 cm³/mol. The van der Waals surface area contributed by atoms with Gasteiger partial charge in [0.25, 0.3) is 0 Å². The summed E-state index contributed by atoms with van der Waals surface area (Å²) in [6, 6.07) is 9.66. The number of amides is 3. The molecule has 3 amide bonds. The monoisotopic (exact) mass is 498 g/mol. The molecular weight excluding hydrogens is 473 g/mol. The lowest BCUT2D eigenvalue weighted by Crippen LogP contribution is -2.53. The number of nitrogens with one attached hydrogen (secondary N) is 2. The van der Waals surface area contributed by atoms with Gasteiger partial charge in [0.1, 0.15) is 0 Å². The number of anilines is 1. The molecule has 1 saturated heterocycles. The Balaban J connectivity index is 1.58. The Morgan fingerprint density at radius 3 is 2.18 bits per heavy atom. The van der Waals surface area contributed by atoms with Gasteiger partial charge in [0.05, 0.1) is 16.5 Å². The molecule has 0 aliphatic carbocycles. The van der Waals surface area contributed by atoms with Crippen LogP contribution in [-0.2, 0) is 21.0 Å². The molecular formula is C22H25F3N4O4S. The van der Waals surface area contributed by atoms with E-state index in [1.54, 1.807) is 25.1 Å². The summed E-state index contributed by atoms with van der Waals surface area (Å²) < 4.78 is 64.9. The molecule has 2 aromatic carbocycles. The van der Waals surface area contributed by atoms with E-state index in [2.05, 4.69) is 10.6 Å². The van der Waals surface area contributed by atoms with Crippen LogP contribution in [0.25, 0.3) is 0 Å². The summed E-state index contributed by atoms with van der Waals surface area (Å²) in [7, 11) is -3.98. The van der Waals surface area contributed by atoms with Gasteiger partial charge in [-0.25, -0.2) is 13.2 Å². The fraction of sp³-hybridized carbons (Fsp3) is 0.364. The molecule has 8 nitrogen and oxygen atoms in total. The van der Waals surface area contributed by atoms with Crippen molar-refractivity contribution in [3.8, 4) is 0 Å². The number of sulfonamides is 1. The first-order chi connectivity index (χ1) is 15.9. The number of urea groups is 1. The maximum Gasteiger partial charge on any atom is 0.416 e. The third-order valence-electron chi connectivity index (χ3n) is 5.39. The first kappa shape index (κ1) is 25.5. The van der Waals surface area contributed by atoms with Crippen molar-refractivity contribution < 1.29 is 31.2 Å². The topological polar surface area (TPSA) is 98.8 Å². The van der Waals surface area contributed by atoms with E-state index in [0.717, 1.165) is 34.1 Å². The minimum atomic E-state index is -4.55. The predicted octanol–water partition coefficient (Wildman–Crippen LogP) is 3.44. The van der Waals surface area contributed by atoms with E-state index in [1.165, 1.54) is 11.8 Å². The van der Waals surface area contributed by atoms with Crippen LogP contribution in [0.2, 0.25) is 0 Å². The number of piperazine rings is 1. The van der Waals surface area contributed by atoms with Crippen molar-refractivity contribution in [2.24, 2.45) is 0 Å². The number of halogens is 3. The Labute approximate surface area is 195 Å². The van der Waals surface area contributed by atoms with Crippen molar-refractivity contribution in [3.05, 3.63) is 59.7 Å². The third kappa shape index (κ3) is 6.06. The Morgan fingerprint density at radius 1 is 1.00 bits per heavy atom. The summed E-state index contributed by atoms with van der Waals surface area (Å²) in [6.07, 6.45) is -4.55. The highest BCUT2D eigenvalue weighted by atomic mass is 32.2. The van der Waals surface area contributed by atoms with Gasteiger partial charge >= 0.3 is 12.2 Å². The van der Waals surface area contributed by atoms with Crippen LogP contribution in [0.4, 0.5) is 23.7 Å². The van der Waals surface area contributed by atoms with Crippen molar-refractivity contribution in [1.29, 1.82) is 0 Å². The molecule has 1 atom stereocenters. The highest BCUT2D eigenvalue weighted by molar-refractivity contribution is 7.89. The molecule has 0 spiro atoms. The van der Waals surface area contributed by atoms with Crippen LogP contribution in [-0.4, -0.2) is 55.7 Å². The standard InChI is InChI=1S/C22H25F3N4O4S/c1-15(17-4-3-5-19(14-17)27-16(2)30)26-21(31)28-10-12-29(13-11-28)34(32,33)20-8-6-18(7-9-20)22(23,24)25/h3-9,14-15H,10-13H2,1-2H3,(H,26,31)(H,27,30)/t15-/m1/s1. The molecule has 1 aliphatic rings. The van der Waals surface area contributed by atoms with Gasteiger partial charge in [-0.1, -0.05) is 12.1 Å². The average Bonchev–Trinajstić information content (AvgIpc) is 2.78. The minimum Gasteiger partial charge on any atom is -0.331 e. The molecule has 0 unspecified atom stereocenters. The molecule has 1 aliphatic heterocycles. The van der Waals surface area contributed by atoms with Gasteiger partial charge in [0.15, 0.2) is 0 Å². The molecule has 12 heteroatoms. The maximum atomic E-state index is 12.8. The summed E-state index contributed by atoms with van der Waals surface area (Å²) in [6.45, 7) is 3.48. The molecule has 184 valence electrons. The van der Waals surface area contributed by atoms with Crippen molar-refractivity contribution in [1.82, 2.24) is 14.5 Å². The first-order valence-electron chi connectivity index (χ1n) is 10.5. The fourth-order valence-corrected chi connectivity index (χ4v) is 4.97. The second-order valence-electron chi connectivity index (χ2n) is 7.89. The molecule has 1 heterocycles. The molecule has 0 saturated carbocycles. The normalized spacial score (nSPS) is 16.1. The van der Waals surface area contributed by atoms with Gasteiger partial charge in [-0.15, -0.1) is 0 Å². The van der Waals surface area contributed by atoms with Crippen LogP contribution in [0.1, 0.15) is 31.0 Å². The van der Waals surface area contributed by atoms with E-state index in [9.17, 15) is 31.2 Å². The van der Waals surface area contributed by atoms with Crippen molar-refractivity contribution in [2.45, 2.75) is 31.0 Å². The number of hydrogen-bond acceptors (Lipinski definition) is 4. The highest BCUT2D eigenvalue weighted by Crippen LogP contribution is 2.30. The Kier molecular flexibility index (Phi) is 7.51. The number of rotatable bonds is 5. The number of alkyl halides is 3. The molecule has 0 aromatic heterocycles. The van der Waals surface area contributed by atoms with E-state index < -0.39 is 21.8 Å². The Morgan fingerprint density at radius 2 is 1.62 bits per heavy atom. The van der Waals surface area contributed by atoms with Gasteiger partial charge in [-0.2, -0.15) is 17.5 Å². The first-order valence-corrected chi connectivity index (χ1v) is 11.9. The van der Waals surface area contributed by atoms with Crippen LogP contribution in [0, 0.1) is 0 Å². The second-order valence-corrected chi connectivity index (χ2v) is 9.83. The quantitative estimate of drug-likeness (QED) is 0.660. The van der Waals surface area contributed by atoms with Crippen LogP contribution in [0.3, 0.4) is 0 Å². The molecule has 2 N–H and O–H groups in total. The summed E-state index contributed by atoms with van der Waals surface area (Å²) in [5.41, 5.74) is 0.459.